The Morgan fingerprint density at radius 3 is 2.60 bits per heavy atom. The van der Waals surface area contributed by atoms with Gasteiger partial charge < -0.3 is 10.3 Å². The van der Waals surface area contributed by atoms with Crippen LogP contribution in [0.5, 0.6) is 0 Å². The number of aromatic nitrogens is 1. The molecule has 3 heteroatoms. The van der Waals surface area contributed by atoms with E-state index in [9.17, 15) is 4.79 Å². The molecule has 0 atom stereocenters. The molecule has 0 bridgehead atoms. The summed E-state index contributed by atoms with van der Waals surface area (Å²) in [6, 6.07) is 8.33. The molecule has 0 aliphatic carbocycles. The van der Waals surface area contributed by atoms with Crippen molar-refractivity contribution in [2.75, 3.05) is 6.54 Å². The van der Waals surface area contributed by atoms with E-state index in [1.54, 1.807) is 0 Å². The molecule has 0 unspecified atom stereocenters. The van der Waals surface area contributed by atoms with Crippen LogP contribution in [0.3, 0.4) is 0 Å². The molecule has 0 aliphatic rings. The number of H-pyrrole nitrogens is 1. The fraction of sp³-hybridized carbons (Fsp3) is 0.471. The third-order valence-electron chi connectivity index (χ3n) is 3.80. The number of carbonyl (C=O) groups excluding carboxylic acids is 1. The lowest BCUT2D eigenvalue weighted by Crippen LogP contribution is -2.38. The van der Waals surface area contributed by atoms with Crippen LogP contribution in [0, 0.1) is 12.8 Å². The monoisotopic (exact) mass is 272 g/mol. The zero-order chi connectivity index (χ0) is 14.9. The van der Waals surface area contributed by atoms with Crippen molar-refractivity contribution >= 4 is 16.8 Å². The van der Waals surface area contributed by atoms with Crippen LogP contribution in [0.1, 0.15) is 39.0 Å². The molecule has 1 aromatic carbocycles. The molecular weight excluding hydrogens is 248 g/mol. The Balaban J connectivity index is 2.31. The van der Waals surface area contributed by atoms with E-state index in [-0.39, 0.29) is 17.2 Å². The SMILES string of the molecule is Cc1[nH]c2ccccc2c1C(C)(C)CNC(=O)C(C)C. The van der Waals surface area contributed by atoms with Gasteiger partial charge in [-0.05, 0) is 18.6 Å². The highest BCUT2D eigenvalue weighted by molar-refractivity contribution is 5.86. The predicted octanol–water partition coefficient (Wildman–Crippen LogP) is 3.53. The second kappa shape index (κ2) is 5.31. The van der Waals surface area contributed by atoms with E-state index in [2.05, 4.69) is 49.3 Å². The van der Waals surface area contributed by atoms with Gasteiger partial charge in [-0.3, -0.25) is 4.79 Å². The van der Waals surface area contributed by atoms with Gasteiger partial charge in [0.2, 0.25) is 5.91 Å². The van der Waals surface area contributed by atoms with Gasteiger partial charge in [0, 0.05) is 34.5 Å². The zero-order valence-corrected chi connectivity index (χ0v) is 13.0. The Hall–Kier alpha value is -1.77. The van der Waals surface area contributed by atoms with E-state index in [1.807, 2.05) is 19.9 Å². The fourth-order valence-electron chi connectivity index (χ4n) is 2.75. The molecule has 2 aromatic rings. The second-order valence-electron chi connectivity index (χ2n) is 6.43. The van der Waals surface area contributed by atoms with Crippen LogP contribution in [0.2, 0.25) is 0 Å². The van der Waals surface area contributed by atoms with Gasteiger partial charge in [0.25, 0.3) is 0 Å². The maximum atomic E-state index is 11.8. The van der Waals surface area contributed by atoms with Crippen molar-refractivity contribution in [1.29, 1.82) is 0 Å². The van der Waals surface area contributed by atoms with Gasteiger partial charge in [-0.1, -0.05) is 45.9 Å². The first-order valence-corrected chi connectivity index (χ1v) is 7.18. The van der Waals surface area contributed by atoms with Gasteiger partial charge in [-0.2, -0.15) is 0 Å². The van der Waals surface area contributed by atoms with Gasteiger partial charge in [0.05, 0.1) is 0 Å². The number of benzene rings is 1. The molecule has 0 fully saturated rings. The zero-order valence-electron chi connectivity index (χ0n) is 13.0. The summed E-state index contributed by atoms with van der Waals surface area (Å²) in [4.78, 5) is 15.2. The topological polar surface area (TPSA) is 44.9 Å². The maximum Gasteiger partial charge on any atom is 0.222 e. The van der Waals surface area contributed by atoms with Gasteiger partial charge in [0.15, 0.2) is 0 Å². The number of aryl methyl sites for hydroxylation is 1. The van der Waals surface area contributed by atoms with Gasteiger partial charge in [-0.15, -0.1) is 0 Å². The number of carbonyl (C=O) groups is 1. The molecule has 2 rings (SSSR count). The molecule has 0 radical (unpaired) electrons. The number of fused-ring (bicyclic) bond motifs is 1. The quantitative estimate of drug-likeness (QED) is 0.878. The maximum absolute atomic E-state index is 11.8. The van der Waals surface area contributed by atoms with Crippen molar-refractivity contribution in [3.63, 3.8) is 0 Å². The normalized spacial score (nSPS) is 12.1. The van der Waals surface area contributed by atoms with Crippen molar-refractivity contribution in [3.05, 3.63) is 35.5 Å². The molecule has 1 amide bonds. The molecule has 1 heterocycles. The van der Waals surface area contributed by atoms with Crippen LogP contribution >= 0.6 is 0 Å². The molecule has 1 aromatic heterocycles. The third kappa shape index (κ3) is 2.72. The second-order valence-corrected chi connectivity index (χ2v) is 6.43. The summed E-state index contributed by atoms with van der Waals surface area (Å²) < 4.78 is 0. The lowest BCUT2D eigenvalue weighted by molar-refractivity contribution is -0.124. The predicted molar refractivity (Wildman–Crippen MR) is 83.9 cm³/mol. The molecule has 2 N–H and O–H groups in total. The average Bonchev–Trinajstić information content (AvgIpc) is 2.72. The summed E-state index contributed by atoms with van der Waals surface area (Å²) in [6.07, 6.45) is 0. The molecule has 20 heavy (non-hydrogen) atoms. The highest BCUT2D eigenvalue weighted by atomic mass is 16.1. The molecule has 0 saturated heterocycles. The van der Waals surface area contributed by atoms with E-state index in [1.165, 1.54) is 16.6 Å². The first-order chi connectivity index (χ1) is 9.33. The summed E-state index contributed by atoms with van der Waals surface area (Å²) in [5.74, 6) is 0.130. The number of amides is 1. The summed E-state index contributed by atoms with van der Waals surface area (Å²) in [6.45, 7) is 10.9. The largest absolute Gasteiger partial charge is 0.358 e. The smallest absolute Gasteiger partial charge is 0.222 e. The summed E-state index contributed by atoms with van der Waals surface area (Å²) in [5.41, 5.74) is 3.52. The molecule has 0 spiro atoms. The summed E-state index contributed by atoms with van der Waals surface area (Å²) >= 11 is 0. The van der Waals surface area contributed by atoms with Crippen molar-refractivity contribution in [2.45, 2.75) is 40.0 Å². The number of hydrogen-bond donors (Lipinski definition) is 2. The summed E-state index contributed by atoms with van der Waals surface area (Å²) in [5, 5.41) is 4.29. The molecule has 0 aliphatic heterocycles. The van der Waals surface area contributed by atoms with Crippen LogP contribution in [0.25, 0.3) is 10.9 Å². The van der Waals surface area contributed by atoms with Crippen LogP contribution in [-0.4, -0.2) is 17.4 Å². The average molecular weight is 272 g/mol. The van der Waals surface area contributed by atoms with Crippen molar-refractivity contribution in [2.24, 2.45) is 5.92 Å². The summed E-state index contributed by atoms with van der Waals surface area (Å²) in [7, 11) is 0. The Kier molecular flexibility index (Phi) is 3.89. The lowest BCUT2D eigenvalue weighted by atomic mass is 9.82. The number of nitrogens with one attached hydrogen (secondary N) is 2. The van der Waals surface area contributed by atoms with E-state index in [4.69, 9.17) is 0 Å². The number of hydrogen-bond acceptors (Lipinski definition) is 1. The van der Waals surface area contributed by atoms with Gasteiger partial charge >= 0.3 is 0 Å². The fourth-order valence-corrected chi connectivity index (χ4v) is 2.75. The number of aromatic amines is 1. The molecule has 0 saturated carbocycles. The molecule has 108 valence electrons. The minimum absolute atomic E-state index is 0.0230. The van der Waals surface area contributed by atoms with Crippen molar-refractivity contribution in [3.8, 4) is 0 Å². The Morgan fingerprint density at radius 1 is 1.30 bits per heavy atom. The molecule has 3 nitrogen and oxygen atoms in total. The first kappa shape index (κ1) is 14.6. The number of rotatable bonds is 4. The van der Waals surface area contributed by atoms with Gasteiger partial charge in [0.1, 0.15) is 0 Å². The Bertz CT molecular complexity index is 623. The third-order valence-corrected chi connectivity index (χ3v) is 3.80. The van der Waals surface area contributed by atoms with Crippen molar-refractivity contribution in [1.82, 2.24) is 10.3 Å². The minimum Gasteiger partial charge on any atom is -0.358 e. The Labute approximate surface area is 120 Å². The highest BCUT2D eigenvalue weighted by Gasteiger charge is 2.27. The van der Waals surface area contributed by atoms with Crippen LogP contribution in [-0.2, 0) is 10.2 Å². The molecular formula is C17H24N2O. The van der Waals surface area contributed by atoms with Gasteiger partial charge in [-0.25, -0.2) is 0 Å². The van der Waals surface area contributed by atoms with Crippen LogP contribution in [0.15, 0.2) is 24.3 Å². The van der Waals surface area contributed by atoms with E-state index >= 15 is 0 Å². The Morgan fingerprint density at radius 2 is 1.95 bits per heavy atom. The van der Waals surface area contributed by atoms with E-state index < -0.39 is 0 Å². The standard InChI is InChI=1S/C17H24N2O/c1-11(2)16(20)18-10-17(4,5)15-12(3)19-14-9-7-6-8-13(14)15/h6-9,11,19H,10H2,1-5H3,(H,18,20). The van der Waals surface area contributed by atoms with E-state index in [0.717, 1.165) is 5.52 Å². The van der Waals surface area contributed by atoms with Crippen molar-refractivity contribution < 1.29 is 4.79 Å². The highest BCUT2D eigenvalue weighted by Crippen LogP contribution is 2.32. The first-order valence-electron chi connectivity index (χ1n) is 7.18. The van der Waals surface area contributed by atoms with E-state index in [0.29, 0.717) is 6.54 Å². The minimum atomic E-state index is -0.103. The van der Waals surface area contributed by atoms with Crippen LogP contribution in [0.4, 0.5) is 0 Å². The van der Waals surface area contributed by atoms with Crippen LogP contribution < -0.4 is 5.32 Å². The number of para-hydroxylation sites is 1. The lowest BCUT2D eigenvalue weighted by Gasteiger charge is -2.26.